The van der Waals surface area contributed by atoms with E-state index >= 15 is 0 Å². The SMILES string of the molecule is O=C(Cc1ccccc1)NCc1nc(-c2ccc(-c3csc(C4CC4)n3)cc2)no1. The zero-order valence-electron chi connectivity index (χ0n) is 16.2. The number of hydrogen-bond donors (Lipinski definition) is 1. The van der Waals surface area contributed by atoms with Crippen LogP contribution in [0.3, 0.4) is 0 Å². The van der Waals surface area contributed by atoms with Crippen LogP contribution in [0.5, 0.6) is 0 Å². The molecule has 1 N–H and O–H groups in total. The Kier molecular flexibility index (Phi) is 5.11. The fraction of sp³-hybridized carbons (Fsp3) is 0.217. The van der Waals surface area contributed by atoms with Gasteiger partial charge in [0.2, 0.25) is 17.6 Å². The summed E-state index contributed by atoms with van der Waals surface area (Å²) >= 11 is 1.74. The van der Waals surface area contributed by atoms with Crippen molar-refractivity contribution in [2.24, 2.45) is 0 Å². The molecule has 5 rings (SSSR count). The van der Waals surface area contributed by atoms with Crippen LogP contribution in [-0.4, -0.2) is 21.0 Å². The lowest BCUT2D eigenvalue weighted by atomic mass is 10.1. The van der Waals surface area contributed by atoms with E-state index in [0.29, 0.717) is 24.1 Å². The van der Waals surface area contributed by atoms with Gasteiger partial charge < -0.3 is 9.84 Å². The Balaban J connectivity index is 1.20. The maximum Gasteiger partial charge on any atom is 0.246 e. The molecule has 4 aromatic rings. The number of thiazole rings is 1. The van der Waals surface area contributed by atoms with Crippen LogP contribution in [0.2, 0.25) is 0 Å². The normalized spacial score (nSPS) is 13.3. The molecule has 2 heterocycles. The Morgan fingerprint density at radius 3 is 2.57 bits per heavy atom. The molecule has 1 amide bonds. The maximum atomic E-state index is 12.1. The van der Waals surface area contributed by atoms with Gasteiger partial charge in [-0.05, 0) is 18.4 Å². The number of carbonyl (C=O) groups excluding carboxylic acids is 1. The monoisotopic (exact) mass is 416 g/mol. The summed E-state index contributed by atoms with van der Waals surface area (Å²) in [6.45, 7) is 0.208. The third kappa shape index (κ3) is 4.31. The molecule has 0 atom stereocenters. The summed E-state index contributed by atoms with van der Waals surface area (Å²) in [6.07, 6.45) is 2.85. The highest BCUT2D eigenvalue weighted by Gasteiger charge is 2.26. The van der Waals surface area contributed by atoms with Crippen LogP contribution in [0.15, 0.2) is 64.5 Å². The molecule has 1 aliphatic carbocycles. The van der Waals surface area contributed by atoms with E-state index in [1.165, 1.54) is 17.8 Å². The third-order valence-corrected chi connectivity index (χ3v) is 6.01. The Morgan fingerprint density at radius 1 is 1.03 bits per heavy atom. The number of benzene rings is 2. The number of aromatic nitrogens is 3. The highest BCUT2D eigenvalue weighted by Crippen LogP contribution is 2.42. The van der Waals surface area contributed by atoms with E-state index in [-0.39, 0.29) is 12.5 Å². The summed E-state index contributed by atoms with van der Waals surface area (Å²) in [6, 6.07) is 17.6. The van der Waals surface area contributed by atoms with Crippen molar-refractivity contribution in [1.29, 1.82) is 0 Å². The van der Waals surface area contributed by atoms with E-state index < -0.39 is 0 Å². The highest BCUT2D eigenvalue weighted by molar-refractivity contribution is 7.10. The third-order valence-electron chi connectivity index (χ3n) is 5.00. The van der Waals surface area contributed by atoms with Gasteiger partial charge in [0, 0.05) is 22.4 Å². The number of nitrogens with zero attached hydrogens (tertiary/aromatic N) is 3. The molecule has 1 aliphatic rings. The first-order valence-corrected chi connectivity index (χ1v) is 10.8. The summed E-state index contributed by atoms with van der Waals surface area (Å²) in [5.41, 5.74) is 3.93. The zero-order chi connectivity index (χ0) is 20.3. The second kappa shape index (κ2) is 8.20. The number of nitrogens with one attached hydrogen (secondary N) is 1. The lowest BCUT2D eigenvalue weighted by Crippen LogP contribution is -2.24. The first-order chi connectivity index (χ1) is 14.7. The minimum Gasteiger partial charge on any atom is -0.347 e. The number of rotatable bonds is 7. The van der Waals surface area contributed by atoms with Crippen LogP contribution in [0.25, 0.3) is 22.6 Å². The van der Waals surface area contributed by atoms with Gasteiger partial charge in [-0.2, -0.15) is 4.98 Å². The molecule has 0 aliphatic heterocycles. The van der Waals surface area contributed by atoms with E-state index in [1.54, 1.807) is 11.3 Å². The number of carbonyl (C=O) groups is 1. The molecule has 0 radical (unpaired) electrons. The molecular weight excluding hydrogens is 396 g/mol. The predicted octanol–water partition coefficient (Wildman–Crippen LogP) is 4.60. The average molecular weight is 417 g/mol. The van der Waals surface area contributed by atoms with E-state index in [1.807, 2.05) is 54.6 Å². The lowest BCUT2D eigenvalue weighted by Gasteiger charge is -2.02. The van der Waals surface area contributed by atoms with Gasteiger partial charge >= 0.3 is 0 Å². The molecule has 6 nitrogen and oxygen atoms in total. The highest BCUT2D eigenvalue weighted by atomic mass is 32.1. The molecule has 1 saturated carbocycles. The Labute approximate surface area is 178 Å². The molecular formula is C23H20N4O2S. The fourth-order valence-corrected chi connectivity index (χ4v) is 4.19. The van der Waals surface area contributed by atoms with Crippen molar-refractivity contribution in [3.63, 3.8) is 0 Å². The minimum atomic E-state index is -0.0841. The summed E-state index contributed by atoms with van der Waals surface area (Å²) in [5, 5.41) is 10.2. The molecule has 0 bridgehead atoms. The summed E-state index contributed by atoms with van der Waals surface area (Å²) in [5.74, 6) is 1.47. The van der Waals surface area contributed by atoms with Gasteiger partial charge in [0.1, 0.15) is 0 Å². The number of amides is 1. The molecule has 150 valence electrons. The van der Waals surface area contributed by atoms with Crippen LogP contribution in [0, 0.1) is 0 Å². The fourth-order valence-electron chi connectivity index (χ4n) is 3.19. The van der Waals surface area contributed by atoms with Gasteiger partial charge in [-0.25, -0.2) is 4.98 Å². The second-order valence-electron chi connectivity index (χ2n) is 7.37. The lowest BCUT2D eigenvalue weighted by molar-refractivity contribution is -0.120. The Hall–Kier alpha value is -3.32. The summed E-state index contributed by atoms with van der Waals surface area (Å²) in [7, 11) is 0. The first kappa shape index (κ1) is 18.7. The van der Waals surface area contributed by atoms with Crippen molar-refractivity contribution in [2.45, 2.75) is 31.7 Å². The van der Waals surface area contributed by atoms with Crippen molar-refractivity contribution in [1.82, 2.24) is 20.4 Å². The molecule has 0 unspecified atom stereocenters. The van der Waals surface area contributed by atoms with Gasteiger partial charge in [0.05, 0.1) is 23.7 Å². The molecule has 0 spiro atoms. The molecule has 30 heavy (non-hydrogen) atoms. The smallest absolute Gasteiger partial charge is 0.246 e. The largest absolute Gasteiger partial charge is 0.347 e. The van der Waals surface area contributed by atoms with Gasteiger partial charge in [-0.1, -0.05) is 59.8 Å². The van der Waals surface area contributed by atoms with Gasteiger partial charge in [0.25, 0.3) is 0 Å². The van der Waals surface area contributed by atoms with Crippen LogP contribution in [0.4, 0.5) is 0 Å². The van der Waals surface area contributed by atoms with E-state index in [2.05, 4.69) is 20.8 Å². The number of hydrogen-bond acceptors (Lipinski definition) is 6. The summed E-state index contributed by atoms with van der Waals surface area (Å²) < 4.78 is 5.28. The van der Waals surface area contributed by atoms with Crippen LogP contribution >= 0.6 is 11.3 Å². The van der Waals surface area contributed by atoms with E-state index in [0.717, 1.165) is 22.4 Å². The van der Waals surface area contributed by atoms with Crippen molar-refractivity contribution in [3.8, 4) is 22.6 Å². The van der Waals surface area contributed by atoms with Crippen molar-refractivity contribution < 1.29 is 9.32 Å². The van der Waals surface area contributed by atoms with Crippen molar-refractivity contribution >= 4 is 17.2 Å². The van der Waals surface area contributed by atoms with Crippen LogP contribution < -0.4 is 5.32 Å². The van der Waals surface area contributed by atoms with Crippen LogP contribution in [0.1, 0.15) is 35.2 Å². The first-order valence-electron chi connectivity index (χ1n) is 9.94. The Bertz CT molecular complexity index is 1150. The molecule has 2 aromatic heterocycles. The molecule has 2 aromatic carbocycles. The maximum absolute atomic E-state index is 12.1. The average Bonchev–Trinajstić information content (AvgIpc) is 3.32. The topological polar surface area (TPSA) is 80.9 Å². The van der Waals surface area contributed by atoms with Crippen molar-refractivity contribution in [3.05, 3.63) is 76.4 Å². The second-order valence-corrected chi connectivity index (χ2v) is 8.26. The van der Waals surface area contributed by atoms with E-state index in [9.17, 15) is 4.79 Å². The van der Waals surface area contributed by atoms with Gasteiger partial charge in [0.15, 0.2) is 0 Å². The summed E-state index contributed by atoms with van der Waals surface area (Å²) in [4.78, 5) is 21.2. The Morgan fingerprint density at radius 2 is 1.80 bits per heavy atom. The van der Waals surface area contributed by atoms with Gasteiger partial charge in [-0.3, -0.25) is 4.79 Å². The molecule has 7 heteroatoms. The van der Waals surface area contributed by atoms with Crippen molar-refractivity contribution in [2.75, 3.05) is 0 Å². The van der Waals surface area contributed by atoms with Crippen LogP contribution in [-0.2, 0) is 17.8 Å². The minimum absolute atomic E-state index is 0.0841. The van der Waals surface area contributed by atoms with E-state index in [4.69, 9.17) is 9.51 Å². The molecule has 0 saturated heterocycles. The zero-order valence-corrected chi connectivity index (χ0v) is 17.1. The molecule has 1 fully saturated rings. The predicted molar refractivity (Wildman–Crippen MR) is 115 cm³/mol. The quantitative estimate of drug-likeness (QED) is 0.476. The van der Waals surface area contributed by atoms with Gasteiger partial charge in [-0.15, -0.1) is 11.3 Å². The standard InChI is InChI=1S/C23H20N4O2S/c28-20(12-15-4-2-1-3-5-15)24-13-21-26-22(27-29-21)17-8-6-16(7-9-17)19-14-30-23(25-19)18-10-11-18/h1-9,14,18H,10-13H2,(H,24,28).